The lowest BCUT2D eigenvalue weighted by molar-refractivity contribution is 0.0766. The molecule has 0 unspecified atom stereocenters. The van der Waals surface area contributed by atoms with Gasteiger partial charge in [0.05, 0.1) is 17.3 Å². The van der Waals surface area contributed by atoms with E-state index in [4.69, 9.17) is 15.1 Å². The minimum atomic E-state index is 0.108. The van der Waals surface area contributed by atoms with Crippen LogP contribution in [-0.4, -0.2) is 56.7 Å². The average molecular weight is 483 g/mol. The van der Waals surface area contributed by atoms with Crippen molar-refractivity contribution in [1.82, 2.24) is 24.6 Å². The number of aromatic nitrogens is 4. The van der Waals surface area contributed by atoms with Crippen molar-refractivity contribution in [2.45, 2.75) is 46.0 Å². The quantitative estimate of drug-likeness (QED) is 0.369. The van der Waals surface area contributed by atoms with Crippen molar-refractivity contribution in [3.63, 3.8) is 0 Å². The fraction of sp³-hybridized carbons (Fsp3) is 0.379. The predicted molar refractivity (Wildman–Crippen MR) is 144 cm³/mol. The van der Waals surface area contributed by atoms with Crippen LogP contribution in [0.15, 0.2) is 60.8 Å². The van der Waals surface area contributed by atoms with Gasteiger partial charge in [0.25, 0.3) is 5.91 Å². The molecule has 0 saturated carbocycles. The van der Waals surface area contributed by atoms with E-state index in [2.05, 4.69) is 18.7 Å². The van der Waals surface area contributed by atoms with Crippen LogP contribution in [0.2, 0.25) is 0 Å². The molecule has 4 aromatic rings. The van der Waals surface area contributed by atoms with Gasteiger partial charge in [0.1, 0.15) is 11.6 Å². The summed E-state index contributed by atoms with van der Waals surface area (Å²) in [7, 11) is 0. The van der Waals surface area contributed by atoms with Gasteiger partial charge in [-0.25, -0.2) is 14.6 Å². The maximum absolute atomic E-state index is 13.3. The molecule has 2 aromatic heterocycles. The van der Waals surface area contributed by atoms with Gasteiger partial charge in [0.2, 0.25) is 0 Å². The van der Waals surface area contributed by atoms with Crippen molar-refractivity contribution in [2.24, 2.45) is 0 Å². The third-order valence-electron chi connectivity index (χ3n) is 7.05. The molecule has 7 nitrogen and oxygen atoms in total. The van der Waals surface area contributed by atoms with Crippen molar-refractivity contribution in [3.05, 3.63) is 77.7 Å². The molecule has 2 aromatic carbocycles. The van der Waals surface area contributed by atoms with Crippen molar-refractivity contribution in [3.8, 4) is 5.69 Å². The summed E-state index contributed by atoms with van der Waals surface area (Å²) in [6, 6.07) is 18.0. The number of amides is 1. The Morgan fingerprint density at radius 3 is 2.53 bits per heavy atom. The molecule has 1 aliphatic heterocycles. The Hall–Kier alpha value is -3.74. The van der Waals surface area contributed by atoms with Crippen LogP contribution in [0.3, 0.4) is 0 Å². The highest BCUT2D eigenvalue weighted by Crippen LogP contribution is 2.30. The molecule has 1 amide bonds. The maximum atomic E-state index is 13.3. The van der Waals surface area contributed by atoms with E-state index in [0.717, 1.165) is 78.4 Å². The molecule has 0 N–H and O–H groups in total. The van der Waals surface area contributed by atoms with Crippen LogP contribution in [-0.2, 0) is 0 Å². The monoisotopic (exact) mass is 482 g/mol. The zero-order valence-electron chi connectivity index (χ0n) is 21.4. The molecule has 36 heavy (non-hydrogen) atoms. The molecular formula is C29H34N6O. The molecule has 0 spiro atoms. The van der Waals surface area contributed by atoms with E-state index < -0.39 is 0 Å². The second-order valence-corrected chi connectivity index (χ2v) is 9.67. The van der Waals surface area contributed by atoms with Crippen molar-refractivity contribution < 1.29 is 4.79 Å². The summed E-state index contributed by atoms with van der Waals surface area (Å²) in [5.41, 5.74) is 3.62. The molecule has 1 atom stereocenters. The third-order valence-corrected chi connectivity index (χ3v) is 7.05. The fourth-order valence-electron chi connectivity index (χ4n) is 5.01. The number of nitrogens with zero attached hydrogens (tertiary/aromatic N) is 6. The molecule has 186 valence electrons. The van der Waals surface area contributed by atoms with Gasteiger partial charge in [-0.2, -0.15) is 5.10 Å². The highest BCUT2D eigenvalue weighted by Gasteiger charge is 2.25. The molecule has 1 fully saturated rings. The summed E-state index contributed by atoms with van der Waals surface area (Å²) < 4.78 is 1.91. The second-order valence-electron chi connectivity index (χ2n) is 9.67. The van der Waals surface area contributed by atoms with Gasteiger partial charge >= 0.3 is 0 Å². The molecule has 1 aliphatic rings. The Labute approximate surface area is 212 Å². The van der Waals surface area contributed by atoms with E-state index in [1.54, 1.807) is 0 Å². The van der Waals surface area contributed by atoms with Crippen molar-refractivity contribution in [1.29, 1.82) is 0 Å². The predicted octanol–water partition coefficient (Wildman–Crippen LogP) is 5.38. The van der Waals surface area contributed by atoms with Crippen LogP contribution < -0.4 is 4.90 Å². The molecule has 7 heteroatoms. The van der Waals surface area contributed by atoms with E-state index in [0.29, 0.717) is 6.54 Å². The first-order valence-corrected chi connectivity index (χ1v) is 13.0. The van der Waals surface area contributed by atoms with Gasteiger partial charge in [0.15, 0.2) is 5.65 Å². The molecule has 1 saturated heterocycles. The molecule has 3 heterocycles. The zero-order valence-corrected chi connectivity index (χ0v) is 21.4. The highest BCUT2D eigenvalue weighted by molar-refractivity contribution is 5.95. The summed E-state index contributed by atoms with van der Waals surface area (Å²) in [6.45, 7) is 9.34. The maximum Gasteiger partial charge on any atom is 0.254 e. The lowest BCUT2D eigenvalue weighted by Gasteiger charge is -2.24. The molecule has 5 rings (SSSR count). The molecular weight excluding hydrogens is 448 g/mol. The van der Waals surface area contributed by atoms with E-state index in [1.165, 1.54) is 0 Å². The Kier molecular flexibility index (Phi) is 6.98. The highest BCUT2D eigenvalue weighted by atomic mass is 16.2. The van der Waals surface area contributed by atoms with E-state index in [-0.39, 0.29) is 11.8 Å². The minimum Gasteiger partial charge on any atom is -0.354 e. The van der Waals surface area contributed by atoms with Gasteiger partial charge in [0, 0.05) is 37.7 Å². The second kappa shape index (κ2) is 10.5. The Balaban J connectivity index is 1.49. The average Bonchev–Trinajstić information content (AvgIpc) is 3.18. The summed E-state index contributed by atoms with van der Waals surface area (Å²) in [5.74, 6) is 2.14. The van der Waals surface area contributed by atoms with Crippen molar-refractivity contribution >= 4 is 22.8 Å². The van der Waals surface area contributed by atoms with Gasteiger partial charge in [-0.3, -0.25) is 4.79 Å². The van der Waals surface area contributed by atoms with Crippen LogP contribution >= 0.6 is 0 Å². The SMILES string of the molecule is CCC[C@H](C)c1nc(N2CCCN(C(=O)c3ccccc3C)CC2)c2cnn(-c3ccccc3)c2n1. The van der Waals surface area contributed by atoms with Crippen LogP contribution in [0.4, 0.5) is 5.82 Å². The number of fused-ring (bicyclic) bond motifs is 1. The number of para-hydroxylation sites is 1. The fourth-order valence-corrected chi connectivity index (χ4v) is 5.01. The molecule has 0 bridgehead atoms. The number of aryl methyl sites for hydroxylation is 1. The Morgan fingerprint density at radius 2 is 1.75 bits per heavy atom. The van der Waals surface area contributed by atoms with Crippen LogP contribution in [0.25, 0.3) is 16.7 Å². The number of carbonyl (C=O) groups excluding carboxylic acids is 1. The Bertz CT molecular complexity index is 1350. The van der Waals surface area contributed by atoms with Gasteiger partial charge in [-0.05, 0) is 43.5 Å². The summed E-state index contributed by atoms with van der Waals surface area (Å²) in [6.07, 6.45) is 4.88. The molecule has 0 aliphatic carbocycles. The number of benzene rings is 2. The lowest BCUT2D eigenvalue weighted by Crippen LogP contribution is -2.35. The van der Waals surface area contributed by atoms with Crippen molar-refractivity contribution in [2.75, 3.05) is 31.1 Å². The van der Waals surface area contributed by atoms with Gasteiger partial charge in [-0.1, -0.05) is 56.7 Å². The Morgan fingerprint density at radius 1 is 0.972 bits per heavy atom. The van der Waals surface area contributed by atoms with E-state index in [9.17, 15) is 4.79 Å². The first-order valence-electron chi connectivity index (χ1n) is 13.0. The first kappa shape index (κ1) is 24.0. The van der Waals surface area contributed by atoms with Gasteiger partial charge < -0.3 is 9.80 Å². The van der Waals surface area contributed by atoms with Gasteiger partial charge in [-0.15, -0.1) is 0 Å². The summed E-state index contributed by atoms with van der Waals surface area (Å²) in [4.78, 5) is 27.7. The van der Waals surface area contributed by atoms with Crippen LogP contribution in [0, 0.1) is 6.92 Å². The standard InChI is InChI=1S/C29H34N6O/c1-4-11-22(3)26-31-27(25-20-30-35(28(25)32-26)23-13-6-5-7-14-23)33-16-10-17-34(19-18-33)29(36)24-15-9-8-12-21(24)2/h5-9,12-15,20,22H,4,10-11,16-19H2,1-3H3/t22-/m0/s1. The van der Waals surface area contributed by atoms with E-state index >= 15 is 0 Å². The van der Waals surface area contributed by atoms with Crippen LogP contribution in [0.1, 0.15) is 60.8 Å². The largest absolute Gasteiger partial charge is 0.354 e. The van der Waals surface area contributed by atoms with E-state index in [1.807, 2.05) is 77.3 Å². The number of hydrogen-bond acceptors (Lipinski definition) is 5. The number of hydrogen-bond donors (Lipinski definition) is 0. The van der Waals surface area contributed by atoms with Crippen LogP contribution in [0.5, 0.6) is 0 Å². The third kappa shape index (κ3) is 4.70. The topological polar surface area (TPSA) is 67.2 Å². The lowest BCUT2D eigenvalue weighted by atomic mass is 10.1. The zero-order chi connectivity index (χ0) is 25.1. The number of anilines is 1. The molecule has 0 radical (unpaired) electrons. The number of rotatable bonds is 6. The minimum absolute atomic E-state index is 0.108. The summed E-state index contributed by atoms with van der Waals surface area (Å²) in [5, 5.41) is 5.66. The number of carbonyl (C=O) groups is 1. The smallest absolute Gasteiger partial charge is 0.254 e. The normalized spacial score (nSPS) is 15.2. The first-order chi connectivity index (χ1) is 17.6. The summed E-state index contributed by atoms with van der Waals surface area (Å²) >= 11 is 0.